The highest BCUT2D eigenvalue weighted by atomic mass is 16.1. The number of pyridine rings is 1. The van der Waals surface area contributed by atoms with Crippen molar-refractivity contribution in [3.63, 3.8) is 0 Å². The van der Waals surface area contributed by atoms with Crippen molar-refractivity contribution < 1.29 is 4.79 Å². The van der Waals surface area contributed by atoms with Gasteiger partial charge in [0, 0.05) is 12.1 Å². The minimum atomic E-state index is -0.0637. The summed E-state index contributed by atoms with van der Waals surface area (Å²) in [6, 6.07) is 18.6. The topological polar surface area (TPSA) is 59.8 Å². The van der Waals surface area contributed by atoms with E-state index in [1.54, 1.807) is 0 Å². The first-order valence-electron chi connectivity index (χ1n) is 11.4. The first-order chi connectivity index (χ1) is 15.5. The van der Waals surface area contributed by atoms with Gasteiger partial charge in [0.05, 0.1) is 28.4 Å². The molecule has 1 aliphatic carbocycles. The molecule has 5 nitrogen and oxygen atoms in total. The summed E-state index contributed by atoms with van der Waals surface area (Å²) in [6.45, 7) is 6.77. The zero-order chi connectivity index (χ0) is 22.2. The molecule has 0 bridgehead atoms. The average molecular weight is 425 g/mol. The van der Waals surface area contributed by atoms with Gasteiger partial charge in [-0.2, -0.15) is 5.10 Å². The number of nitrogens with one attached hydrogen (secondary N) is 1. The minimum absolute atomic E-state index is 0.0278. The molecule has 162 valence electrons. The van der Waals surface area contributed by atoms with Crippen molar-refractivity contribution in [2.45, 2.75) is 52.6 Å². The van der Waals surface area contributed by atoms with Crippen molar-refractivity contribution in [1.82, 2.24) is 20.1 Å². The lowest BCUT2D eigenvalue weighted by molar-refractivity contribution is 0.0934. The molecular formula is C27H28N4O. The Bertz CT molecular complexity index is 1300. The molecule has 2 heterocycles. The van der Waals surface area contributed by atoms with Gasteiger partial charge in [0.1, 0.15) is 0 Å². The van der Waals surface area contributed by atoms with Crippen molar-refractivity contribution in [3.05, 3.63) is 82.5 Å². The number of nitrogens with zero attached hydrogens (tertiary/aromatic N) is 3. The summed E-state index contributed by atoms with van der Waals surface area (Å²) >= 11 is 0. The Hall–Kier alpha value is -3.47. The largest absolute Gasteiger partial charge is 0.345 e. The van der Waals surface area contributed by atoms with Gasteiger partial charge in [0.15, 0.2) is 5.65 Å². The van der Waals surface area contributed by atoms with E-state index in [0.29, 0.717) is 12.1 Å². The SMILES string of the molecule is CCn1nc(C)c2c(C(=O)N[C@@H]3CCCc4ccccc43)cc(-c3ccc(C)cc3)nc21. The maximum atomic E-state index is 13.6. The first kappa shape index (κ1) is 20.4. The molecule has 2 aromatic heterocycles. The monoisotopic (exact) mass is 424 g/mol. The van der Waals surface area contributed by atoms with Gasteiger partial charge in [-0.3, -0.25) is 4.79 Å². The Balaban J connectivity index is 1.60. The van der Waals surface area contributed by atoms with Gasteiger partial charge in [-0.05, 0) is 57.2 Å². The van der Waals surface area contributed by atoms with E-state index >= 15 is 0 Å². The normalized spacial score (nSPS) is 15.5. The molecule has 2 aromatic carbocycles. The standard InChI is InChI=1S/C27H28N4O/c1-4-31-26-25(18(3)30-31)22(16-24(28-26)20-14-12-17(2)13-15-20)27(32)29-23-11-7-9-19-8-5-6-10-21(19)23/h5-6,8,10,12-16,23H,4,7,9,11H2,1-3H3,(H,29,32)/t23-/m1/s1. The maximum absolute atomic E-state index is 13.6. The van der Waals surface area contributed by atoms with E-state index < -0.39 is 0 Å². The number of fused-ring (bicyclic) bond motifs is 2. The van der Waals surface area contributed by atoms with Crippen molar-refractivity contribution in [2.24, 2.45) is 0 Å². The molecule has 0 saturated heterocycles. The minimum Gasteiger partial charge on any atom is -0.345 e. The van der Waals surface area contributed by atoms with E-state index in [0.717, 1.165) is 47.2 Å². The molecule has 0 spiro atoms. The van der Waals surface area contributed by atoms with E-state index in [1.165, 1.54) is 16.7 Å². The molecule has 0 radical (unpaired) electrons. The van der Waals surface area contributed by atoms with Crippen molar-refractivity contribution >= 4 is 16.9 Å². The molecule has 0 aliphatic heterocycles. The van der Waals surface area contributed by atoms with Crippen LogP contribution in [-0.4, -0.2) is 20.7 Å². The number of carbonyl (C=O) groups excluding carboxylic acids is 1. The second-order valence-electron chi connectivity index (χ2n) is 8.64. The molecule has 0 fully saturated rings. The number of benzene rings is 2. The number of carbonyl (C=O) groups is 1. The molecule has 4 aromatic rings. The van der Waals surface area contributed by atoms with Crippen molar-refractivity contribution in [2.75, 3.05) is 0 Å². The Morgan fingerprint density at radius 3 is 2.69 bits per heavy atom. The number of rotatable bonds is 4. The third-order valence-electron chi connectivity index (χ3n) is 6.44. The van der Waals surface area contributed by atoms with Crippen molar-refractivity contribution in [3.8, 4) is 11.3 Å². The predicted octanol–water partition coefficient (Wildman–Crippen LogP) is 5.54. The van der Waals surface area contributed by atoms with Crippen LogP contribution < -0.4 is 5.32 Å². The summed E-state index contributed by atoms with van der Waals surface area (Å²) in [7, 11) is 0. The summed E-state index contributed by atoms with van der Waals surface area (Å²) in [6.07, 6.45) is 3.10. The number of aromatic nitrogens is 3. The van der Waals surface area contributed by atoms with Gasteiger partial charge in [0.2, 0.25) is 0 Å². The van der Waals surface area contributed by atoms with Crippen LogP contribution in [0, 0.1) is 13.8 Å². The molecular weight excluding hydrogens is 396 g/mol. The van der Waals surface area contributed by atoms with Crippen molar-refractivity contribution in [1.29, 1.82) is 0 Å². The Morgan fingerprint density at radius 1 is 1.12 bits per heavy atom. The van der Waals surface area contributed by atoms with Crippen LogP contribution >= 0.6 is 0 Å². The lowest BCUT2D eigenvalue weighted by atomic mass is 9.87. The lowest BCUT2D eigenvalue weighted by Crippen LogP contribution is -2.31. The lowest BCUT2D eigenvalue weighted by Gasteiger charge is -2.26. The molecule has 1 N–H and O–H groups in total. The predicted molar refractivity (Wildman–Crippen MR) is 128 cm³/mol. The highest BCUT2D eigenvalue weighted by Crippen LogP contribution is 2.31. The number of aryl methyl sites for hydroxylation is 4. The zero-order valence-corrected chi connectivity index (χ0v) is 18.9. The fourth-order valence-corrected chi connectivity index (χ4v) is 4.77. The summed E-state index contributed by atoms with van der Waals surface area (Å²) in [5.74, 6) is -0.0637. The number of hydrogen-bond donors (Lipinski definition) is 1. The molecule has 0 saturated carbocycles. The summed E-state index contributed by atoms with van der Waals surface area (Å²) in [5.41, 5.74) is 7.79. The quantitative estimate of drug-likeness (QED) is 0.468. The van der Waals surface area contributed by atoms with Gasteiger partial charge < -0.3 is 5.32 Å². The maximum Gasteiger partial charge on any atom is 0.252 e. The van der Waals surface area contributed by atoms with Gasteiger partial charge in [0.25, 0.3) is 5.91 Å². The molecule has 1 atom stereocenters. The summed E-state index contributed by atoms with van der Waals surface area (Å²) in [5, 5.41) is 8.82. The molecule has 5 heteroatoms. The third-order valence-corrected chi connectivity index (χ3v) is 6.44. The average Bonchev–Trinajstić information content (AvgIpc) is 3.15. The van der Waals surface area contributed by atoms with Crippen LogP contribution in [0.4, 0.5) is 0 Å². The van der Waals surface area contributed by atoms with E-state index in [-0.39, 0.29) is 11.9 Å². The van der Waals surface area contributed by atoms with E-state index in [2.05, 4.69) is 65.9 Å². The molecule has 0 unspecified atom stereocenters. The first-order valence-corrected chi connectivity index (χ1v) is 11.4. The van der Waals surface area contributed by atoms with E-state index in [4.69, 9.17) is 4.98 Å². The molecule has 5 rings (SSSR count). The Labute approximate surface area is 188 Å². The summed E-state index contributed by atoms with van der Waals surface area (Å²) < 4.78 is 1.88. The van der Waals surface area contributed by atoms with Crippen LogP contribution in [-0.2, 0) is 13.0 Å². The molecule has 32 heavy (non-hydrogen) atoms. The number of hydrogen-bond acceptors (Lipinski definition) is 3. The third kappa shape index (κ3) is 3.58. The van der Waals surface area contributed by atoms with Crippen LogP contribution in [0.3, 0.4) is 0 Å². The van der Waals surface area contributed by atoms with Gasteiger partial charge in [-0.15, -0.1) is 0 Å². The number of amides is 1. The second kappa shape index (κ2) is 8.23. The Kier molecular flexibility index (Phi) is 5.25. The second-order valence-corrected chi connectivity index (χ2v) is 8.64. The van der Waals surface area contributed by atoms with Gasteiger partial charge in [-0.1, -0.05) is 54.1 Å². The van der Waals surface area contributed by atoms with Crippen LogP contribution in [0.25, 0.3) is 22.3 Å². The van der Waals surface area contributed by atoms with E-state index in [1.807, 2.05) is 24.6 Å². The zero-order valence-electron chi connectivity index (χ0n) is 18.9. The van der Waals surface area contributed by atoms with Crippen LogP contribution in [0.15, 0.2) is 54.6 Å². The fourth-order valence-electron chi connectivity index (χ4n) is 4.77. The van der Waals surface area contributed by atoms with Gasteiger partial charge >= 0.3 is 0 Å². The molecule has 1 aliphatic rings. The van der Waals surface area contributed by atoms with Gasteiger partial charge in [-0.25, -0.2) is 9.67 Å². The van der Waals surface area contributed by atoms with Crippen LogP contribution in [0.5, 0.6) is 0 Å². The highest BCUT2D eigenvalue weighted by Gasteiger charge is 2.25. The highest BCUT2D eigenvalue weighted by molar-refractivity contribution is 6.07. The van der Waals surface area contributed by atoms with Crippen LogP contribution in [0.2, 0.25) is 0 Å². The Morgan fingerprint density at radius 2 is 1.91 bits per heavy atom. The fraction of sp³-hybridized carbons (Fsp3) is 0.296. The van der Waals surface area contributed by atoms with E-state index in [9.17, 15) is 4.79 Å². The summed E-state index contributed by atoms with van der Waals surface area (Å²) in [4.78, 5) is 18.6. The molecule has 1 amide bonds. The van der Waals surface area contributed by atoms with Crippen LogP contribution in [0.1, 0.15) is 58.5 Å². The smallest absolute Gasteiger partial charge is 0.252 e.